The number of hydrogen-bond donors (Lipinski definition) is 0. The van der Waals surface area contributed by atoms with Gasteiger partial charge in [-0.3, -0.25) is 9.36 Å². The van der Waals surface area contributed by atoms with Crippen LogP contribution >= 0.6 is 0 Å². The lowest BCUT2D eigenvalue weighted by Crippen LogP contribution is -2.40. The molecule has 0 saturated heterocycles. The van der Waals surface area contributed by atoms with Gasteiger partial charge in [0.15, 0.2) is 11.2 Å². The third-order valence-electron chi connectivity index (χ3n) is 5.18. The Morgan fingerprint density at radius 1 is 1.03 bits per heavy atom. The van der Waals surface area contributed by atoms with Crippen LogP contribution in [0.15, 0.2) is 64.4 Å². The smallest absolute Gasteiger partial charge is 0.320 e. The molecule has 2 aromatic carbocycles. The fourth-order valence-electron chi connectivity index (χ4n) is 3.54. The van der Waals surface area contributed by atoms with Gasteiger partial charge in [0.2, 0.25) is 0 Å². The minimum atomic E-state index is -0.907. The van der Waals surface area contributed by atoms with Gasteiger partial charge >= 0.3 is 5.69 Å². The van der Waals surface area contributed by atoms with Crippen molar-refractivity contribution in [3.8, 4) is 5.69 Å². The van der Waals surface area contributed by atoms with Crippen LogP contribution in [-0.4, -0.2) is 18.7 Å². The molecule has 4 aromatic rings. The van der Waals surface area contributed by atoms with Crippen molar-refractivity contribution in [3.63, 3.8) is 0 Å². The minimum absolute atomic E-state index is 0.0391. The van der Waals surface area contributed by atoms with E-state index in [1.165, 1.54) is 12.4 Å². The molecule has 0 aliphatic heterocycles. The van der Waals surface area contributed by atoms with Gasteiger partial charge in [0.25, 0.3) is 5.56 Å². The van der Waals surface area contributed by atoms with Gasteiger partial charge in [0.1, 0.15) is 11.6 Å². The summed E-state index contributed by atoms with van der Waals surface area (Å²) in [5.74, 6) is -1.41. The van der Waals surface area contributed by atoms with Crippen molar-refractivity contribution in [1.82, 2.24) is 18.7 Å². The van der Waals surface area contributed by atoms with Crippen molar-refractivity contribution in [2.75, 3.05) is 0 Å². The molecule has 0 atom stereocenters. The summed E-state index contributed by atoms with van der Waals surface area (Å²) in [6.45, 7) is 4.52. The number of imidazole rings is 1. The van der Waals surface area contributed by atoms with Crippen LogP contribution in [0.25, 0.3) is 16.9 Å². The highest BCUT2D eigenvalue weighted by Gasteiger charge is 2.21. The quantitative estimate of drug-likeness (QED) is 0.474. The Labute approximate surface area is 177 Å². The molecule has 0 aliphatic carbocycles. The molecule has 0 N–H and O–H groups in total. The summed E-state index contributed by atoms with van der Waals surface area (Å²) in [5, 5.41) is 0. The third kappa shape index (κ3) is 3.93. The van der Waals surface area contributed by atoms with Crippen LogP contribution in [0.5, 0.6) is 0 Å². The molecule has 0 aliphatic rings. The van der Waals surface area contributed by atoms with Crippen LogP contribution in [-0.2, 0) is 13.1 Å². The van der Waals surface area contributed by atoms with Crippen molar-refractivity contribution >= 4 is 11.2 Å². The second kappa shape index (κ2) is 8.29. The SMILES string of the molecule is CC(C)CCn1c(=O)c2c(ncn2Cc2ccccc2)n(-c2ccc(F)cc2F)c1=O. The molecule has 0 spiro atoms. The maximum Gasteiger partial charge on any atom is 0.337 e. The Morgan fingerprint density at radius 3 is 2.45 bits per heavy atom. The van der Waals surface area contributed by atoms with E-state index in [-0.39, 0.29) is 29.3 Å². The molecule has 0 saturated carbocycles. The number of aromatic nitrogens is 4. The van der Waals surface area contributed by atoms with Gasteiger partial charge in [-0.1, -0.05) is 44.2 Å². The first-order valence-electron chi connectivity index (χ1n) is 10.1. The van der Waals surface area contributed by atoms with Gasteiger partial charge in [-0.25, -0.2) is 23.1 Å². The van der Waals surface area contributed by atoms with Crippen LogP contribution in [0.4, 0.5) is 8.78 Å². The first-order valence-corrected chi connectivity index (χ1v) is 10.1. The number of halogens is 2. The van der Waals surface area contributed by atoms with Crippen molar-refractivity contribution in [3.05, 3.63) is 92.9 Å². The summed E-state index contributed by atoms with van der Waals surface area (Å²) in [7, 11) is 0. The Hall–Kier alpha value is -3.55. The molecule has 8 heteroatoms. The van der Waals surface area contributed by atoms with E-state index >= 15 is 0 Å². The van der Waals surface area contributed by atoms with Gasteiger partial charge in [0, 0.05) is 19.2 Å². The average molecular weight is 424 g/mol. The highest BCUT2D eigenvalue weighted by atomic mass is 19.1. The second-order valence-electron chi connectivity index (χ2n) is 7.88. The molecular formula is C23H22F2N4O2. The predicted octanol–water partition coefficient (Wildman–Crippen LogP) is 3.72. The molecule has 0 unspecified atom stereocenters. The summed E-state index contributed by atoms with van der Waals surface area (Å²) < 4.78 is 31.9. The monoisotopic (exact) mass is 424 g/mol. The molecule has 0 amide bonds. The molecule has 6 nitrogen and oxygen atoms in total. The molecular weight excluding hydrogens is 402 g/mol. The summed E-state index contributed by atoms with van der Waals surface area (Å²) in [6, 6.07) is 12.5. The average Bonchev–Trinajstić information content (AvgIpc) is 3.13. The normalized spacial score (nSPS) is 11.5. The highest BCUT2D eigenvalue weighted by molar-refractivity contribution is 5.72. The van der Waals surface area contributed by atoms with Crippen LogP contribution in [0.3, 0.4) is 0 Å². The molecule has 2 aromatic heterocycles. The zero-order valence-corrected chi connectivity index (χ0v) is 17.3. The van der Waals surface area contributed by atoms with Crippen LogP contribution in [0.2, 0.25) is 0 Å². The van der Waals surface area contributed by atoms with Gasteiger partial charge in [-0.05, 0) is 30.0 Å². The van der Waals surface area contributed by atoms with Crippen LogP contribution in [0.1, 0.15) is 25.8 Å². The van der Waals surface area contributed by atoms with Crippen LogP contribution in [0, 0.1) is 17.6 Å². The molecule has 4 rings (SSSR count). The summed E-state index contributed by atoms with van der Waals surface area (Å²) >= 11 is 0. The standard InChI is InChI=1S/C23H22F2N4O2/c1-15(2)10-11-28-22(30)20-21(26-14-27(20)13-16-6-4-3-5-7-16)29(23(28)31)19-9-8-17(24)12-18(19)25/h3-9,12,14-15H,10-11,13H2,1-2H3. The van der Waals surface area contributed by atoms with Crippen molar-refractivity contribution in [2.45, 2.75) is 33.4 Å². The van der Waals surface area contributed by atoms with Crippen LogP contribution < -0.4 is 11.2 Å². The van der Waals surface area contributed by atoms with Gasteiger partial charge in [-0.2, -0.15) is 0 Å². The Balaban J connectivity index is 1.99. The zero-order valence-electron chi connectivity index (χ0n) is 17.3. The fraction of sp³-hybridized carbons (Fsp3) is 0.261. The first-order chi connectivity index (χ1) is 14.9. The van der Waals surface area contributed by atoms with E-state index in [2.05, 4.69) is 4.98 Å². The lowest BCUT2D eigenvalue weighted by Gasteiger charge is -2.14. The summed E-state index contributed by atoms with van der Waals surface area (Å²) in [6.07, 6.45) is 2.06. The third-order valence-corrected chi connectivity index (χ3v) is 5.18. The number of benzene rings is 2. The lowest BCUT2D eigenvalue weighted by molar-refractivity contribution is 0.490. The Bertz CT molecular complexity index is 1350. The number of hydrogen-bond acceptors (Lipinski definition) is 3. The topological polar surface area (TPSA) is 61.8 Å². The molecule has 2 heterocycles. The van der Waals surface area contributed by atoms with E-state index in [1.54, 1.807) is 4.57 Å². The zero-order chi connectivity index (χ0) is 22.1. The van der Waals surface area contributed by atoms with E-state index < -0.39 is 22.9 Å². The summed E-state index contributed by atoms with van der Waals surface area (Å²) in [5.41, 5.74) is -0.157. The molecule has 0 fully saturated rings. The summed E-state index contributed by atoms with van der Waals surface area (Å²) in [4.78, 5) is 30.8. The van der Waals surface area contributed by atoms with E-state index in [1.807, 2.05) is 44.2 Å². The first kappa shape index (κ1) is 20.7. The number of nitrogens with zero attached hydrogens (tertiary/aromatic N) is 4. The predicted molar refractivity (Wildman–Crippen MR) is 115 cm³/mol. The van der Waals surface area contributed by atoms with E-state index in [0.717, 1.165) is 20.8 Å². The second-order valence-corrected chi connectivity index (χ2v) is 7.88. The Morgan fingerprint density at radius 2 is 1.77 bits per heavy atom. The maximum absolute atomic E-state index is 14.6. The molecule has 0 radical (unpaired) electrons. The van der Waals surface area contributed by atoms with Crippen molar-refractivity contribution in [1.29, 1.82) is 0 Å². The van der Waals surface area contributed by atoms with Gasteiger partial charge in [0.05, 0.1) is 12.0 Å². The Kier molecular flexibility index (Phi) is 5.54. The molecule has 31 heavy (non-hydrogen) atoms. The van der Waals surface area contributed by atoms with Gasteiger partial charge in [-0.15, -0.1) is 0 Å². The van der Waals surface area contributed by atoms with Crippen molar-refractivity contribution in [2.24, 2.45) is 5.92 Å². The largest absolute Gasteiger partial charge is 0.337 e. The molecule has 0 bridgehead atoms. The van der Waals surface area contributed by atoms with E-state index in [0.29, 0.717) is 19.0 Å². The number of fused-ring (bicyclic) bond motifs is 1. The number of rotatable bonds is 6. The van der Waals surface area contributed by atoms with E-state index in [9.17, 15) is 18.4 Å². The fourth-order valence-corrected chi connectivity index (χ4v) is 3.54. The molecule has 160 valence electrons. The minimum Gasteiger partial charge on any atom is -0.320 e. The highest BCUT2D eigenvalue weighted by Crippen LogP contribution is 2.18. The van der Waals surface area contributed by atoms with Crippen molar-refractivity contribution < 1.29 is 8.78 Å². The van der Waals surface area contributed by atoms with E-state index in [4.69, 9.17) is 0 Å². The lowest BCUT2D eigenvalue weighted by atomic mass is 10.1. The van der Waals surface area contributed by atoms with Gasteiger partial charge < -0.3 is 4.57 Å². The maximum atomic E-state index is 14.6.